The highest BCUT2D eigenvalue weighted by Gasteiger charge is 2.54. The van der Waals surface area contributed by atoms with Crippen LogP contribution in [0.2, 0.25) is 24.7 Å². The van der Waals surface area contributed by atoms with Crippen molar-refractivity contribution in [1.82, 2.24) is 20.0 Å². The first-order valence-electron chi connectivity index (χ1n) is 12.2. The molecule has 1 atom stereocenters. The zero-order chi connectivity index (χ0) is 26.5. The van der Waals surface area contributed by atoms with E-state index < -0.39 is 36.8 Å². The van der Waals surface area contributed by atoms with Gasteiger partial charge in [0.15, 0.2) is 0 Å². The van der Waals surface area contributed by atoms with Crippen LogP contribution in [0.5, 0.6) is 0 Å². The number of hydrogen-bond acceptors (Lipinski definition) is 5. The molecule has 1 aliphatic carbocycles. The molecule has 1 fully saturated rings. The van der Waals surface area contributed by atoms with Gasteiger partial charge in [-0.15, -0.1) is 4.68 Å². The number of fused-ring (bicyclic) bond motifs is 1. The first-order chi connectivity index (χ1) is 16.8. The fourth-order valence-electron chi connectivity index (χ4n) is 5.39. The number of benzene rings is 1. The molecular formula is C25H35N5O5Si. The first-order valence-corrected chi connectivity index (χ1v) is 15.7. The lowest BCUT2D eigenvalue weighted by molar-refractivity contribution is -0.121. The average molecular weight is 514 g/mol. The molecule has 2 aliphatic rings. The summed E-state index contributed by atoms with van der Waals surface area (Å²) in [6.45, 7) is 9.84. The molecule has 0 bridgehead atoms. The van der Waals surface area contributed by atoms with E-state index in [9.17, 15) is 24.6 Å². The van der Waals surface area contributed by atoms with Gasteiger partial charge in [-0.1, -0.05) is 56.4 Å². The Kier molecular flexibility index (Phi) is 6.50. The second kappa shape index (κ2) is 9.04. The lowest BCUT2D eigenvalue weighted by Crippen LogP contribution is -2.52. The first kappa shape index (κ1) is 25.9. The standard InChI is InChI=1S/C25H35N5O5Si/c1-24(2)19-17(14-29(24)22(33)26-18(15-31)16-10-7-6-8-11-16)20(30(28-19)23(34)35)27-21(32)25(12-9-13-25)36(3,4)5/h6-8,10-11,18,31H,9,12-15H2,1-5H3,(H,26,33)(H,27,32)(H,34,35). The smallest absolute Gasteiger partial charge is 0.434 e. The van der Waals surface area contributed by atoms with Crippen LogP contribution >= 0.6 is 0 Å². The van der Waals surface area contributed by atoms with E-state index in [0.717, 1.165) is 29.5 Å². The van der Waals surface area contributed by atoms with Gasteiger partial charge in [-0.3, -0.25) is 4.79 Å². The maximum absolute atomic E-state index is 13.5. The van der Waals surface area contributed by atoms with E-state index in [1.165, 1.54) is 0 Å². The van der Waals surface area contributed by atoms with Gasteiger partial charge >= 0.3 is 12.1 Å². The maximum atomic E-state index is 13.5. The van der Waals surface area contributed by atoms with E-state index >= 15 is 0 Å². The Morgan fingerprint density at radius 3 is 2.28 bits per heavy atom. The Morgan fingerprint density at radius 2 is 1.78 bits per heavy atom. The number of aliphatic hydroxyl groups excluding tert-OH is 1. The molecule has 1 unspecified atom stereocenters. The third kappa shape index (κ3) is 4.09. The van der Waals surface area contributed by atoms with E-state index in [0.29, 0.717) is 11.3 Å². The van der Waals surface area contributed by atoms with Gasteiger partial charge in [-0.2, -0.15) is 5.10 Å². The van der Waals surface area contributed by atoms with Crippen LogP contribution in [0.4, 0.5) is 15.4 Å². The van der Waals surface area contributed by atoms with Crippen LogP contribution in [-0.2, 0) is 16.9 Å². The molecule has 11 heteroatoms. The van der Waals surface area contributed by atoms with E-state index in [4.69, 9.17) is 0 Å². The number of aliphatic hydroxyl groups is 1. The molecule has 1 aromatic carbocycles. The van der Waals surface area contributed by atoms with Crippen LogP contribution in [-0.4, -0.2) is 57.6 Å². The van der Waals surface area contributed by atoms with Crippen LogP contribution in [0.25, 0.3) is 0 Å². The van der Waals surface area contributed by atoms with E-state index in [1.807, 2.05) is 30.3 Å². The molecule has 4 N–H and O–H groups in total. The molecule has 194 valence electrons. The molecular weight excluding hydrogens is 478 g/mol. The molecule has 2 heterocycles. The Hall–Kier alpha value is -3.18. The molecule has 10 nitrogen and oxygen atoms in total. The molecule has 4 rings (SSSR count). The van der Waals surface area contributed by atoms with Crippen LogP contribution in [0.15, 0.2) is 30.3 Å². The van der Waals surface area contributed by atoms with Crippen molar-refractivity contribution in [1.29, 1.82) is 0 Å². The topological polar surface area (TPSA) is 137 Å². The number of anilines is 1. The number of aromatic nitrogens is 2. The average Bonchev–Trinajstić information content (AvgIpc) is 3.25. The van der Waals surface area contributed by atoms with Crippen molar-refractivity contribution in [2.24, 2.45) is 0 Å². The molecule has 36 heavy (non-hydrogen) atoms. The highest BCUT2D eigenvalue weighted by Crippen LogP contribution is 2.56. The van der Waals surface area contributed by atoms with E-state index in [-0.39, 0.29) is 24.9 Å². The number of urea groups is 1. The largest absolute Gasteiger partial charge is 0.463 e. The summed E-state index contributed by atoms with van der Waals surface area (Å²) in [4.78, 5) is 40.5. The van der Waals surface area contributed by atoms with Crippen molar-refractivity contribution < 1.29 is 24.6 Å². The lowest BCUT2D eigenvalue weighted by Gasteiger charge is -2.48. The second-order valence-electron chi connectivity index (χ2n) is 11.3. The number of nitrogens with one attached hydrogen (secondary N) is 2. The van der Waals surface area contributed by atoms with Gasteiger partial charge in [-0.05, 0) is 32.3 Å². The molecule has 1 saturated carbocycles. The van der Waals surface area contributed by atoms with Crippen molar-refractivity contribution in [2.45, 2.75) is 75.9 Å². The molecule has 1 aromatic heterocycles. The fourth-order valence-corrected chi connectivity index (χ4v) is 7.99. The number of amides is 3. The molecule has 0 spiro atoms. The Morgan fingerprint density at radius 1 is 1.14 bits per heavy atom. The third-order valence-corrected chi connectivity index (χ3v) is 11.6. The van der Waals surface area contributed by atoms with Gasteiger partial charge < -0.3 is 25.7 Å². The van der Waals surface area contributed by atoms with Crippen LogP contribution in [0, 0.1) is 0 Å². The summed E-state index contributed by atoms with van der Waals surface area (Å²) in [5.41, 5.74) is 0.759. The second-order valence-corrected chi connectivity index (χ2v) is 16.7. The molecule has 3 amide bonds. The van der Waals surface area contributed by atoms with Gasteiger partial charge in [0.05, 0.1) is 38.5 Å². The summed E-state index contributed by atoms with van der Waals surface area (Å²) in [6, 6.07) is 8.15. The summed E-state index contributed by atoms with van der Waals surface area (Å²) >= 11 is 0. The van der Waals surface area contributed by atoms with Crippen molar-refractivity contribution in [3.63, 3.8) is 0 Å². The Balaban J connectivity index is 1.63. The van der Waals surface area contributed by atoms with Gasteiger partial charge in [0.25, 0.3) is 0 Å². The van der Waals surface area contributed by atoms with Crippen molar-refractivity contribution in [3.05, 3.63) is 47.2 Å². The number of carbonyl (C=O) groups is 3. The lowest BCUT2D eigenvalue weighted by atomic mass is 9.83. The summed E-state index contributed by atoms with van der Waals surface area (Å²) in [6.07, 6.45) is 1.26. The summed E-state index contributed by atoms with van der Waals surface area (Å²) in [5, 5.41) is 29.4. The van der Waals surface area contributed by atoms with Gasteiger partial charge in [0.2, 0.25) is 5.91 Å². The van der Waals surface area contributed by atoms with Crippen LogP contribution in [0.3, 0.4) is 0 Å². The minimum Gasteiger partial charge on any atom is -0.463 e. The van der Waals surface area contributed by atoms with E-state index in [2.05, 4.69) is 35.4 Å². The number of nitrogens with zero attached hydrogens (tertiary/aromatic N) is 3. The van der Waals surface area contributed by atoms with Crippen LogP contribution in [0.1, 0.15) is 56.0 Å². The number of carbonyl (C=O) groups excluding carboxylic acids is 2. The van der Waals surface area contributed by atoms with Crippen molar-refractivity contribution in [2.75, 3.05) is 11.9 Å². The van der Waals surface area contributed by atoms with Gasteiger partial charge in [-0.25, -0.2) is 9.59 Å². The van der Waals surface area contributed by atoms with Gasteiger partial charge in [0.1, 0.15) is 5.82 Å². The maximum Gasteiger partial charge on any atom is 0.434 e. The minimum absolute atomic E-state index is 0.0734. The molecule has 0 saturated heterocycles. The minimum atomic E-state index is -1.89. The number of hydrogen-bond donors (Lipinski definition) is 4. The summed E-state index contributed by atoms with van der Waals surface area (Å²) in [5.74, 6) is -0.0552. The van der Waals surface area contributed by atoms with Gasteiger partial charge in [0, 0.05) is 10.6 Å². The summed E-state index contributed by atoms with van der Waals surface area (Å²) < 4.78 is 0.816. The summed E-state index contributed by atoms with van der Waals surface area (Å²) in [7, 11) is -1.89. The van der Waals surface area contributed by atoms with Crippen molar-refractivity contribution >= 4 is 31.9 Å². The zero-order valence-corrected chi connectivity index (χ0v) is 22.5. The number of carboxylic acid groups (broad SMARTS) is 1. The van der Waals surface area contributed by atoms with Crippen molar-refractivity contribution in [3.8, 4) is 0 Å². The zero-order valence-electron chi connectivity index (χ0n) is 21.5. The molecule has 0 radical (unpaired) electrons. The quantitative estimate of drug-likeness (QED) is 0.429. The van der Waals surface area contributed by atoms with Crippen LogP contribution < -0.4 is 10.6 Å². The highest BCUT2D eigenvalue weighted by molar-refractivity contribution is 6.83. The molecule has 1 aliphatic heterocycles. The number of rotatable bonds is 6. The predicted molar refractivity (Wildman–Crippen MR) is 138 cm³/mol. The molecule has 2 aromatic rings. The fraction of sp³-hybridized carbons (Fsp3) is 0.520. The highest BCUT2D eigenvalue weighted by atomic mass is 28.3. The normalized spacial score (nSPS) is 18.7. The Labute approximate surface area is 211 Å². The Bertz CT molecular complexity index is 1180. The monoisotopic (exact) mass is 513 g/mol. The van der Waals surface area contributed by atoms with E-state index in [1.54, 1.807) is 18.7 Å². The SMILES string of the molecule is CC1(C)c2nn(C(=O)O)c(NC(=O)C3([Si](C)(C)C)CCC3)c2CN1C(=O)NC(CO)c1ccccc1. The predicted octanol–water partition coefficient (Wildman–Crippen LogP) is 4.10. The third-order valence-electron chi connectivity index (χ3n) is 7.97.